The molecule has 2 unspecified atom stereocenters. The SMILES string of the molecule is N=C1Oc2c(ccc3ccccc23)C(c2cccc([N+](=O)[O-])c2)C1C(N)=O. The van der Waals surface area contributed by atoms with Crippen molar-refractivity contribution in [3.8, 4) is 5.75 Å². The van der Waals surface area contributed by atoms with Gasteiger partial charge in [-0.05, 0) is 10.9 Å². The van der Waals surface area contributed by atoms with Crippen LogP contribution in [0.25, 0.3) is 10.8 Å². The van der Waals surface area contributed by atoms with Crippen LogP contribution in [-0.4, -0.2) is 16.7 Å². The summed E-state index contributed by atoms with van der Waals surface area (Å²) >= 11 is 0. The smallest absolute Gasteiger partial charge is 0.269 e. The number of benzene rings is 3. The third kappa shape index (κ3) is 2.69. The molecule has 2 atom stereocenters. The Morgan fingerprint density at radius 3 is 2.63 bits per heavy atom. The summed E-state index contributed by atoms with van der Waals surface area (Å²) in [4.78, 5) is 22.8. The summed E-state index contributed by atoms with van der Waals surface area (Å²) in [6.07, 6.45) is 0. The summed E-state index contributed by atoms with van der Waals surface area (Å²) in [6.45, 7) is 0. The van der Waals surface area contributed by atoms with Crippen molar-refractivity contribution in [2.24, 2.45) is 11.7 Å². The maximum Gasteiger partial charge on any atom is 0.269 e. The van der Waals surface area contributed by atoms with E-state index in [1.54, 1.807) is 12.1 Å². The summed E-state index contributed by atoms with van der Waals surface area (Å²) in [6, 6.07) is 17.3. The minimum Gasteiger partial charge on any atom is -0.442 e. The first-order valence-corrected chi connectivity index (χ1v) is 8.29. The highest BCUT2D eigenvalue weighted by Gasteiger charge is 2.41. The average molecular weight is 361 g/mol. The van der Waals surface area contributed by atoms with E-state index in [1.165, 1.54) is 12.1 Å². The number of nitrogens with one attached hydrogen (secondary N) is 1. The van der Waals surface area contributed by atoms with Crippen molar-refractivity contribution >= 4 is 28.3 Å². The Kier molecular flexibility index (Phi) is 3.84. The Balaban J connectivity index is 1.99. The van der Waals surface area contributed by atoms with Crippen molar-refractivity contribution in [1.82, 2.24) is 0 Å². The lowest BCUT2D eigenvalue weighted by molar-refractivity contribution is -0.384. The van der Waals surface area contributed by atoms with E-state index in [1.807, 2.05) is 36.4 Å². The molecule has 0 bridgehead atoms. The molecule has 134 valence electrons. The van der Waals surface area contributed by atoms with Gasteiger partial charge in [0.2, 0.25) is 11.8 Å². The molecule has 0 saturated carbocycles. The molecule has 0 aromatic heterocycles. The molecule has 3 N–H and O–H groups in total. The van der Waals surface area contributed by atoms with Crippen LogP contribution < -0.4 is 10.5 Å². The van der Waals surface area contributed by atoms with Crippen LogP contribution in [0.2, 0.25) is 0 Å². The molecule has 1 aliphatic heterocycles. The molecule has 1 amide bonds. The van der Waals surface area contributed by atoms with Crippen LogP contribution in [0.3, 0.4) is 0 Å². The third-order valence-electron chi connectivity index (χ3n) is 4.82. The summed E-state index contributed by atoms with van der Waals surface area (Å²) < 4.78 is 5.70. The third-order valence-corrected chi connectivity index (χ3v) is 4.82. The predicted molar refractivity (Wildman–Crippen MR) is 99.9 cm³/mol. The van der Waals surface area contributed by atoms with E-state index in [4.69, 9.17) is 15.9 Å². The zero-order valence-electron chi connectivity index (χ0n) is 14.1. The van der Waals surface area contributed by atoms with Gasteiger partial charge < -0.3 is 10.5 Å². The van der Waals surface area contributed by atoms with E-state index in [0.717, 1.165) is 10.8 Å². The number of ether oxygens (including phenoxy) is 1. The number of hydrogen-bond donors (Lipinski definition) is 2. The molecule has 0 radical (unpaired) electrons. The Bertz CT molecular complexity index is 1110. The number of carbonyl (C=O) groups is 1. The fourth-order valence-corrected chi connectivity index (χ4v) is 3.62. The second kappa shape index (κ2) is 6.21. The topological polar surface area (TPSA) is 119 Å². The van der Waals surface area contributed by atoms with Crippen molar-refractivity contribution in [3.63, 3.8) is 0 Å². The highest BCUT2D eigenvalue weighted by atomic mass is 16.6. The quantitative estimate of drug-likeness (QED) is 0.549. The number of nitro benzene ring substituents is 1. The van der Waals surface area contributed by atoms with Gasteiger partial charge in [-0.3, -0.25) is 20.3 Å². The summed E-state index contributed by atoms with van der Waals surface area (Å²) in [5, 5.41) is 21.2. The van der Waals surface area contributed by atoms with Gasteiger partial charge in [0.25, 0.3) is 5.69 Å². The van der Waals surface area contributed by atoms with Gasteiger partial charge in [0.1, 0.15) is 11.7 Å². The highest BCUT2D eigenvalue weighted by Crippen LogP contribution is 2.45. The van der Waals surface area contributed by atoms with Crippen molar-refractivity contribution in [1.29, 1.82) is 5.41 Å². The monoisotopic (exact) mass is 361 g/mol. The molecule has 7 heteroatoms. The molecule has 27 heavy (non-hydrogen) atoms. The van der Waals surface area contributed by atoms with Gasteiger partial charge >= 0.3 is 0 Å². The summed E-state index contributed by atoms with van der Waals surface area (Å²) in [5.74, 6) is -2.17. The van der Waals surface area contributed by atoms with Crippen LogP contribution in [0.4, 0.5) is 5.69 Å². The summed E-state index contributed by atoms with van der Waals surface area (Å²) in [7, 11) is 0. The van der Waals surface area contributed by atoms with Crippen LogP contribution in [0.1, 0.15) is 17.0 Å². The number of hydrogen-bond acceptors (Lipinski definition) is 5. The minimum absolute atomic E-state index is 0.0870. The molecule has 0 aliphatic carbocycles. The van der Waals surface area contributed by atoms with Crippen LogP contribution in [0.5, 0.6) is 5.75 Å². The second-order valence-corrected chi connectivity index (χ2v) is 6.38. The van der Waals surface area contributed by atoms with Crippen LogP contribution in [0.15, 0.2) is 60.7 Å². The maximum atomic E-state index is 12.1. The largest absolute Gasteiger partial charge is 0.442 e. The number of fused-ring (bicyclic) bond motifs is 3. The fraction of sp³-hybridized carbons (Fsp3) is 0.100. The molecule has 0 spiro atoms. The Labute approximate surface area is 154 Å². The van der Waals surface area contributed by atoms with E-state index < -0.39 is 22.7 Å². The second-order valence-electron chi connectivity index (χ2n) is 6.38. The standard InChI is InChI=1S/C20H15N3O4/c21-19(24)17-16(12-5-3-6-13(10-12)23(25)26)15-9-8-11-4-1-2-7-14(11)18(15)27-20(17)22/h1-10,16-17,22H,(H2,21,24). The van der Waals surface area contributed by atoms with Crippen LogP contribution in [-0.2, 0) is 4.79 Å². The molecule has 3 aromatic rings. The maximum absolute atomic E-state index is 12.1. The van der Waals surface area contributed by atoms with Gasteiger partial charge in [-0.1, -0.05) is 48.5 Å². The van der Waals surface area contributed by atoms with Gasteiger partial charge in [-0.2, -0.15) is 0 Å². The number of carbonyl (C=O) groups excluding carboxylic acids is 1. The number of non-ortho nitro benzene ring substituents is 1. The highest BCUT2D eigenvalue weighted by molar-refractivity contribution is 6.04. The number of nitrogens with two attached hydrogens (primary N) is 1. The Morgan fingerprint density at radius 1 is 1.11 bits per heavy atom. The van der Waals surface area contributed by atoms with E-state index >= 15 is 0 Å². The number of nitro groups is 1. The fourth-order valence-electron chi connectivity index (χ4n) is 3.62. The molecular formula is C20H15N3O4. The van der Waals surface area contributed by atoms with E-state index in [9.17, 15) is 14.9 Å². The Morgan fingerprint density at radius 2 is 1.89 bits per heavy atom. The lowest BCUT2D eigenvalue weighted by Crippen LogP contribution is -2.41. The minimum atomic E-state index is -1.04. The van der Waals surface area contributed by atoms with Gasteiger partial charge in [-0.15, -0.1) is 0 Å². The van der Waals surface area contributed by atoms with Gasteiger partial charge in [0, 0.05) is 29.0 Å². The molecule has 1 aliphatic rings. The number of primary amides is 1. The van der Waals surface area contributed by atoms with Crippen LogP contribution in [0, 0.1) is 21.4 Å². The molecular weight excluding hydrogens is 346 g/mol. The van der Waals surface area contributed by atoms with Crippen LogP contribution >= 0.6 is 0 Å². The molecule has 0 fully saturated rings. The first-order valence-electron chi connectivity index (χ1n) is 8.29. The van der Waals surface area contributed by atoms with E-state index in [0.29, 0.717) is 16.9 Å². The molecule has 1 heterocycles. The lowest BCUT2D eigenvalue weighted by Gasteiger charge is -2.32. The van der Waals surface area contributed by atoms with Crippen molar-refractivity contribution in [2.45, 2.75) is 5.92 Å². The average Bonchev–Trinajstić information content (AvgIpc) is 2.66. The first-order chi connectivity index (χ1) is 13.0. The zero-order valence-corrected chi connectivity index (χ0v) is 14.1. The van der Waals surface area contributed by atoms with Gasteiger partial charge in [0.15, 0.2) is 0 Å². The number of nitrogens with zero attached hydrogens (tertiary/aromatic N) is 1. The summed E-state index contributed by atoms with van der Waals surface area (Å²) in [5.41, 5.74) is 6.69. The molecule has 7 nitrogen and oxygen atoms in total. The molecule has 3 aromatic carbocycles. The predicted octanol–water partition coefficient (Wildman–Crippen LogP) is 3.35. The van der Waals surface area contributed by atoms with Crippen molar-refractivity contribution in [2.75, 3.05) is 0 Å². The molecule has 4 rings (SSSR count). The van der Waals surface area contributed by atoms with E-state index in [2.05, 4.69) is 0 Å². The zero-order chi connectivity index (χ0) is 19.1. The Hall–Kier alpha value is -3.74. The first kappa shape index (κ1) is 16.7. The van der Waals surface area contributed by atoms with Gasteiger partial charge in [0.05, 0.1) is 4.92 Å². The van der Waals surface area contributed by atoms with Gasteiger partial charge in [-0.25, -0.2) is 0 Å². The number of rotatable bonds is 3. The molecule has 0 saturated heterocycles. The number of amides is 1. The van der Waals surface area contributed by atoms with Crippen molar-refractivity contribution in [3.05, 3.63) is 81.9 Å². The van der Waals surface area contributed by atoms with E-state index in [-0.39, 0.29) is 11.6 Å². The van der Waals surface area contributed by atoms with Crippen molar-refractivity contribution < 1.29 is 14.5 Å². The normalized spacial score (nSPS) is 18.6. The lowest BCUT2D eigenvalue weighted by atomic mass is 9.77.